The SMILES string of the molecule is CSc1nc(C(F)(F)F)cc(=O)n1Cc1ccc(F)cc1. The van der Waals surface area contributed by atoms with Crippen molar-refractivity contribution in [2.45, 2.75) is 17.9 Å². The first kappa shape index (κ1) is 15.6. The molecular weight excluding hydrogens is 308 g/mol. The summed E-state index contributed by atoms with van der Waals surface area (Å²) in [5, 5.41) is -0.0425. The predicted octanol–water partition coefficient (Wildman–Crippen LogP) is 3.17. The van der Waals surface area contributed by atoms with Gasteiger partial charge in [0.15, 0.2) is 10.9 Å². The van der Waals surface area contributed by atoms with Crippen LogP contribution in [0.15, 0.2) is 40.3 Å². The molecule has 8 heteroatoms. The Kier molecular flexibility index (Phi) is 4.36. The minimum Gasteiger partial charge on any atom is -0.283 e. The number of hydrogen-bond acceptors (Lipinski definition) is 3. The molecule has 21 heavy (non-hydrogen) atoms. The summed E-state index contributed by atoms with van der Waals surface area (Å²) < 4.78 is 51.8. The summed E-state index contributed by atoms with van der Waals surface area (Å²) in [6.07, 6.45) is -3.14. The Morgan fingerprint density at radius 3 is 2.38 bits per heavy atom. The Morgan fingerprint density at radius 2 is 1.86 bits per heavy atom. The Labute approximate surface area is 121 Å². The van der Waals surface area contributed by atoms with Crippen molar-refractivity contribution in [1.82, 2.24) is 9.55 Å². The fourth-order valence-electron chi connectivity index (χ4n) is 1.70. The first-order chi connectivity index (χ1) is 9.81. The Balaban J connectivity index is 2.44. The van der Waals surface area contributed by atoms with Crippen molar-refractivity contribution in [1.29, 1.82) is 0 Å². The zero-order valence-corrected chi connectivity index (χ0v) is 11.6. The largest absolute Gasteiger partial charge is 0.433 e. The molecule has 0 bridgehead atoms. The van der Waals surface area contributed by atoms with Crippen molar-refractivity contribution < 1.29 is 17.6 Å². The van der Waals surface area contributed by atoms with E-state index in [0.717, 1.165) is 16.3 Å². The van der Waals surface area contributed by atoms with Crippen molar-refractivity contribution in [3.05, 3.63) is 57.8 Å². The maximum Gasteiger partial charge on any atom is 0.433 e. The molecular formula is C13H10F4N2OS. The lowest BCUT2D eigenvalue weighted by Gasteiger charge is -2.13. The molecule has 0 saturated heterocycles. The highest BCUT2D eigenvalue weighted by atomic mass is 32.2. The van der Waals surface area contributed by atoms with Crippen molar-refractivity contribution in [2.75, 3.05) is 6.26 Å². The molecule has 0 amide bonds. The van der Waals surface area contributed by atoms with Crippen LogP contribution in [0.3, 0.4) is 0 Å². The van der Waals surface area contributed by atoms with E-state index >= 15 is 0 Å². The van der Waals surface area contributed by atoms with Gasteiger partial charge in [-0.2, -0.15) is 13.2 Å². The number of alkyl halides is 3. The average Bonchev–Trinajstić information content (AvgIpc) is 2.42. The maximum absolute atomic E-state index is 12.8. The van der Waals surface area contributed by atoms with Gasteiger partial charge in [0.25, 0.3) is 5.56 Å². The number of halogens is 4. The summed E-state index contributed by atoms with van der Waals surface area (Å²) >= 11 is 0.940. The smallest absolute Gasteiger partial charge is 0.283 e. The van der Waals surface area contributed by atoms with Gasteiger partial charge in [0.2, 0.25) is 0 Å². The van der Waals surface area contributed by atoms with E-state index in [-0.39, 0.29) is 11.7 Å². The van der Waals surface area contributed by atoms with Crippen LogP contribution in [-0.2, 0) is 12.7 Å². The van der Waals surface area contributed by atoms with Crippen LogP contribution in [0.25, 0.3) is 0 Å². The summed E-state index contributed by atoms with van der Waals surface area (Å²) in [5.41, 5.74) is -1.42. The standard InChI is InChI=1S/C13H10F4N2OS/c1-21-12-18-10(13(15,16)17)6-11(20)19(12)7-8-2-4-9(14)5-3-8/h2-6H,7H2,1H3. The van der Waals surface area contributed by atoms with E-state index in [2.05, 4.69) is 4.98 Å². The van der Waals surface area contributed by atoms with Crippen LogP contribution in [-0.4, -0.2) is 15.8 Å². The molecule has 1 aromatic carbocycles. The molecule has 0 radical (unpaired) electrons. The van der Waals surface area contributed by atoms with Gasteiger partial charge in [-0.05, 0) is 24.0 Å². The van der Waals surface area contributed by atoms with E-state index in [0.29, 0.717) is 11.6 Å². The van der Waals surface area contributed by atoms with Crippen molar-refractivity contribution in [3.8, 4) is 0 Å². The van der Waals surface area contributed by atoms with Gasteiger partial charge >= 0.3 is 6.18 Å². The van der Waals surface area contributed by atoms with Gasteiger partial charge in [-0.1, -0.05) is 23.9 Å². The Hall–Kier alpha value is -1.83. The maximum atomic E-state index is 12.8. The molecule has 0 saturated carbocycles. The highest BCUT2D eigenvalue weighted by Crippen LogP contribution is 2.27. The van der Waals surface area contributed by atoms with E-state index in [4.69, 9.17) is 0 Å². The van der Waals surface area contributed by atoms with Gasteiger partial charge in [-0.3, -0.25) is 9.36 Å². The molecule has 2 rings (SSSR count). The first-order valence-electron chi connectivity index (χ1n) is 5.79. The lowest BCUT2D eigenvalue weighted by molar-refractivity contribution is -0.141. The van der Waals surface area contributed by atoms with E-state index < -0.39 is 23.2 Å². The minimum atomic E-state index is -4.67. The van der Waals surface area contributed by atoms with Gasteiger partial charge < -0.3 is 0 Å². The summed E-state index contributed by atoms with van der Waals surface area (Å²) in [5.74, 6) is -0.429. The third kappa shape index (κ3) is 3.63. The molecule has 0 spiro atoms. The van der Waals surface area contributed by atoms with Crippen LogP contribution in [0.4, 0.5) is 17.6 Å². The van der Waals surface area contributed by atoms with E-state index in [9.17, 15) is 22.4 Å². The van der Waals surface area contributed by atoms with Crippen LogP contribution in [0.2, 0.25) is 0 Å². The zero-order chi connectivity index (χ0) is 15.6. The van der Waals surface area contributed by atoms with Gasteiger partial charge in [-0.15, -0.1) is 0 Å². The molecule has 1 aromatic heterocycles. The number of rotatable bonds is 3. The highest BCUT2D eigenvalue weighted by molar-refractivity contribution is 7.98. The van der Waals surface area contributed by atoms with Crippen LogP contribution in [0.5, 0.6) is 0 Å². The molecule has 0 N–H and O–H groups in total. The number of thioether (sulfide) groups is 1. The van der Waals surface area contributed by atoms with Crippen LogP contribution >= 0.6 is 11.8 Å². The molecule has 0 unspecified atom stereocenters. The van der Waals surface area contributed by atoms with Crippen molar-refractivity contribution in [3.63, 3.8) is 0 Å². The summed E-state index contributed by atoms with van der Waals surface area (Å²) in [4.78, 5) is 15.3. The number of benzene rings is 1. The molecule has 1 heterocycles. The second kappa shape index (κ2) is 5.88. The Bertz CT molecular complexity index is 695. The molecule has 0 aliphatic heterocycles. The normalized spacial score (nSPS) is 11.7. The fourth-order valence-corrected chi connectivity index (χ4v) is 2.27. The van der Waals surface area contributed by atoms with Gasteiger partial charge in [0, 0.05) is 6.07 Å². The van der Waals surface area contributed by atoms with Gasteiger partial charge in [0.05, 0.1) is 6.54 Å². The number of aromatic nitrogens is 2. The molecule has 3 nitrogen and oxygen atoms in total. The van der Waals surface area contributed by atoms with E-state index in [1.54, 1.807) is 0 Å². The quantitative estimate of drug-likeness (QED) is 0.495. The molecule has 0 atom stereocenters. The number of nitrogens with zero attached hydrogens (tertiary/aromatic N) is 2. The fraction of sp³-hybridized carbons (Fsp3) is 0.231. The van der Waals surface area contributed by atoms with Crippen LogP contribution < -0.4 is 5.56 Å². The summed E-state index contributed by atoms with van der Waals surface area (Å²) in [6, 6.07) is 5.82. The molecule has 0 aliphatic rings. The highest BCUT2D eigenvalue weighted by Gasteiger charge is 2.34. The van der Waals surface area contributed by atoms with Crippen LogP contribution in [0, 0.1) is 5.82 Å². The van der Waals surface area contributed by atoms with E-state index in [1.807, 2.05) is 0 Å². The third-order valence-corrected chi connectivity index (χ3v) is 3.38. The van der Waals surface area contributed by atoms with Crippen molar-refractivity contribution >= 4 is 11.8 Å². The second-order valence-electron chi connectivity index (χ2n) is 4.18. The van der Waals surface area contributed by atoms with Crippen molar-refractivity contribution in [2.24, 2.45) is 0 Å². The molecule has 112 valence electrons. The topological polar surface area (TPSA) is 34.9 Å². The average molecular weight is 318 g/mol. The monoisotopic (exact) mass is 318 g/mol. The zero-order valence-electron chi connectivity index (χ0n) is 10.8. The minimum absolute atomic E-state index is 0.0282. The van der Waals surface area contributed by atoms with Gasteiger partial charge in [-0.25, -0.2) is 9.37 Å². The molecule has 0 aliphatic carbocycles. The van der Waals surface area contributed by atoms with E-state index in [1.165, 1.54) is 30.5 Å². The first-order valence-corrected chi connectivity index (χ1v) is 7.01. The van der Waals surface area contributed by atoms with Crippen LogP contribution in [0.1, 0.15) is 11.3 Å². The third-order valence-electron chi connectivity index (χ3n) is 2.70. The lowest BCUT2D eigenvalue weighted by Crippen LogP contribution is -2.26. The molecule has 0 fully saturated rings. The Morgan fingerprint density at radius 1 is 1.24 bits per heavy atom. The molecule has 2 aromatic rings. The predicted molar refractivity (Wildman–Crippen MR) is 70.8 cm³/mol. The number of hydrogen-bond donors (Lipinski definition) is 0. The second-order valence-corrected chi connectivity index (χ2v) is 4.95. The summed E-state index contributed by atoms with van der Waals surface area (Å²) in [7, 11) is 0. The van der Waals surface area contributed by atoms with Gasteiger partial charge in [0.1, 0.15) is 5.82 Å². The lowest BCUT2D eigenvalue weighted by atomic mass is 10.2. The summed E-state index contributed by atoms with van der Waals surface area (Å²) in [6.45, 7) is 0.0282.